The van der Waals surface area contributed by atoms with E-state index < -0.39 is 0 Å². The average Bonchev–Trinajstić information content (AvgIpc) is 2.76. The summed E-state index contributed by atoms with van der Waals surface area (Å²) in [5.74, 6) is 3.53. The number of ketones is 1. The normalized spacial score (nSPS) is 51.8. The predicted octanol–water partition coefficient (Wildman–Crippen LogP) is 2.42. The lowest BCUT2D eigenvalue weighted by molar-refractivity contribution is -0.124. The molecule has 3 rings (SSSR count). The van der Waals surface area contributed by atoms with E-state index in [4.69, 9.17) is 0 Å². The van der Waals surface area contributed by atoms with Crippen LogP contribution in [0.1, 0.15) is 26.2 Å². The summed E-state index contributed by atoms with van der Waals surface area (Å²) in [4.78, 5) is 12.0. The first-order chi connectivity index (χ1) is 6.31. The molecular weight excluding hydrogens is 160 g/mol. The predicted molar refractivity (Wildman–Crippen MR) is 51.1 cm³/mol. The van der Waals surface area contributed by atoms with Crippen molar-refractivity contribution in [3.8, 4) is 0 Å². The molecule has 0 amide bonds. The first kappa shape index (κ1) is 7.78. The molecule has 3 aliphatic carbocycles. The summed E-state index contributed by atoms with van der Waals surface area (Å²) in [6.45, 7) is 2.15. The summed E-state index contributed by atoms with van der Waals surface area (Å²) in [5.41, 5.74) is 0. The van der Waals surface area contributed by atoms with Crippen molar-refractivity contribution in [1.82, 2.24) is 0 Å². The van der Waals surface area contributed by atoms with Crippen LogP contribution in [-0.4, -0.2) is 5.78 Å². The Morgan fingerprint density at radius 2 is 2.08 bits per heavy atom. The van der Waals surface area contributed by atoms with Gasteiger partial charge in [0.1, 0.15) is 5.78 Å². The van der Waals surface area contributed by atoms with Gasteiger partial charge in [0.25, 0.3) is 0 Å². The van der Waals surface area contributed by atoms with Gasteiger partial charge in [-0.1, -0.05) is 19.1 Å². The molecule has 13 heavy (non-hydrogen) atoms. The highest BCUT2D eigenvalue weighted by atomic mass is 16.1. The minimum Gasteiger partial charge on any atom is -0.299 e. The molecule has 1 nitrogen and oxygen atoms in total. The Balaban J connectivity index is 1.92. The van der Waals surface area contributed by atoms with Crippen LogP contribution >= 0.6 is 0 Å². The van der Waals surface area contributed by atoms with Crippen LogP contribution in [0.5, 0.6) is 0 Å². The number of Topliss-reactive ketones (excluding diaryl/α,β-unsaturated/α-hetero) is 1. The van der Waals surface area contributed by atoms with Crippen LogP contribution in [0.2, 0.25) is 0 Å². The molecule has 2 saturated carbocycles. The zero-order valence-electron chi connectivity index (χ0n) is 8.07. The zero-order valence-corrected chi connectivity index (χ0v) is 8.07. The van der Waals surface area contributed by atoms with Crippen molar-refractivity contribution >= 4 is 5.78 Å². The van der Waals surface area contributed by atoms with E-state index in [2.05, 4.69) is 19.1 Å². The fourth-order valence-electron chi connectivity index (χ4n) is 3.75. The number of carbonyl (C=O) groups is 1. The van der Waals surface area contributed by atoms with E-state index in [-0.39, 0.29) is 0 Å². The highest BCUT2D eigenvalue weighted by Crippen LogP contribution is 2.55. The van der Waals surface area contributed by atoms with Gasteiger partial charge in [0.05, 0.1) is 0 Å². The minimum atomic E-state index is 0.403. The van der Waals surface area contributed by atoms with Gasteiger partial charge < -0.3 is 0 Å². The Labute approximate surface area is 79.2 Å². The molecule has 0 spiro atoms. The maximum atomic E-state index is 12.0. The molecule has 0 aliphatic heterocycles. The van der Waals surface area contributed by atoms with Crippen LogP contribution in [0.25, 0.3) is 0 Å². The lowest BCUT2D eigenvalue weighted by Crippen LogP contribution is -2.20. The molecule has 0 heterocycles. The number of allylic oxidation sites excluding steroid dienone is 2. The third kappa shape index (κ3) is 0.853. The summed E-state index contributed by atoms with van der Waals surface area (Å²) in [7, 11) is 0. The van der Waals surface area contributed by atoms with Gasteiger partial charge in [0.2, 0.25) is 0 Å². The lowest BCUT2D eigenvalue weighted by atomic mass is 9.86. The monoisotopic (exact) mass is 176 g/mol. The summed E-state index contributed by atoms with van der Waals surface area (Å²) >= 11 is 0. The molecule has 0 aromatic heterocycles. The smallest absolute Gasteiger partial charge is 0.139 e. The van der Waals surface area contributed by atoms with Gasteiger partial charge in [0, 0.05) is 11.8 Å². The van der Waals surface area contributed by atoms with Crippen LogP contribution in [0.15, 0.2) is 12.2 Å². The molecule has 2 fully saturated rings. The molecule has 2 bridgehead atoms. The molecule has 0 aromatic rings. The third-order valence-corrected chi connectivity index (χ3v) is 4.40. The van der Waals surface area contributed by atoms with Crippen molar-refractivity contribution in [2.24, 2.45) is 29.6 Å². The summed E-state index contributed by atoms with van der Waals surface area (Å²) in [6.07, 6.45) is 8.17. The second-order valence-electron chi connectivity index (χ2n) is 4.88. The molecule has 0 saturated heterocycles. The van der Waals surface area contributed by atoms with Crippen molar-refractivity contribution in [2.75, 3.05) is 0 Å². The van der Waals surface area contributed by atoms with Gasteiger partial charge in [-0.15, -0.1) is 0 Å². The van der Waals surface area contributed by atoms with E-state index in [1.807, 2.05) is 0 Å². The Morgan fingerprint density at radius 1 is 1.31 bits per heavy atom. The molecule has 0 unspecified atom stereocenters. The number of rotatable bonds is 1. The van der Waals surface area contributed by atoms with Crippen molar-refractivity contribution in [3.63, 3.8) is 0 Å². The molecule has 3 aliphatic rings. The van der Waals surface area contributed by atoms with E-state index in [0.717, 1.165) is 18.3 Å². The maximum Gasteiger partial charge on any atom is 0.139 e. The number of hydrogen-bond donors (Lipinski definition) is 0. The second kappa shape index (κ2) is 2.46. The Morgan fingerprint density at radius 3 is 2.77 bits per heavy atom. The molecule has 1 heteroatoms. The number of hydrogen-bond acceptors (Lipinski definition) is 1. The van der Waals surface area contributed by atoms with Gasteiger partial charge in [-0.3, -0.25) is 4.79 Å². The van der Waals surface area contributed by atoms with Crippen LogP contribution in [0.3, 0.4) is 0 Å². The quantitative estimate of drug-likeness (QED) is 0.561. The standard InChI is InChI=1S/C12H16O/c1-2-7-6-10-8-3-4-9(5-8)11(10)12(7)13/h3-4,7-11H,2,5-6H2,1H3/t7-,8+,9-,10+,11-/m1/s1. The summed E-state index contributed by atoms with van der Waals surface area (Å²) in [6, 6.07) is 0. The second-order valence-corrected chi connectivity index (χ2v) is 4.88. The van der Waals surface area contributed by atoms with Gasteiger partial charge in [-0.2, -0.15) is 0 Å². The van der Waals surface area contributed by atoms with Crippen LogP contribution in [0.4, 0.5) is 0 Å². The molecule has 0 aromatic carbocycles. The molecule has 0 radical (unpaired) electrons. The fourth-order valence-corrected chi connectivity index (χ4v) is 3.75. The van der Waals surface area contributed by atoms with Crippen LogP contribution in [-0.2, 0) is 4.79 Å². The highest BCUT2D eigenvalue weighted by molar-refractivity contribution is 5.87. The number of carbonyl (C=O) groups excluding carboxylic acids is 1. The van der Waals surface area contributed by atoms with Crippen LogP contribution in [0, 0.1) is 29.6 Å². The molecule has 5 atom stereocenters. The van der Waals surface area contributed by atoms with Crippen molar-refractivity contribution in [1.29, 1.82) is 0 Å². The summed E-state index contributed by atoms with van der Waals surface area (Å²) < 4.78 is 0. The lowest BCUT2D eigenvalue weighted by Gasteiger charge is -2.17. The van der Waals surface area contributed by atoms with Crippen molar-refractivity contribution in [2.45, 2.75) is 26.2 Å². The van der Waals surface area contributed by atoms with E-state index in [1.54, 1.807) is 0 Å². The van der Waals surface area contributed by atoms with E-state index >= 15 is 0 Å². The largest absolute Gasteiger partial charge is 0.299 e. The molecular formula is C12H16O. The Kier molecular flexibility index (Phi) is 1.47. The first-order valence-electron chi connectivity index (χ1n) is 5.53. The topological polar surface area (TPSA) is 17.1 Å². The van der Waals surface area contributed by atoms with Gasteiger partial charge >= 0.3 is 0 Å². The molecule has 70 valence electrons. The Bertz CT molecular complexity index is 279. The van der Waals surface area contributed by atoms with Crippen molar-refractivity contribution in [3.05, 3.63) is 12.2 Å². The fraction of sp³-hybridized carbons (Fsp3) is 0.750. The molecule has 0 N–H and O–H groups in total. The maximum absolute atomic E-state index is 12.0. The van der Waals surface area contributed by atoms with Gasteiger partial charge in [0.15, 0.2) is 0 Å². The van der Waals surface area contributed by atoms with E-state index in [0.29, 0.717) is 23.5 Å². The van der Waals surface area contributed by atoms with Gasteiger partial charge in [-0.05, 0) is 37.0 Å². The van der Waals surface area contributed by atoms with Crippen molar-refractivity contribution < 1.29 is 4.79 Å². The van der Waals surface area contributed by atoms with Crippen LogP contribution < -0.4 is 0 Å². The van der Waals surface area contributed by atoms with E-state index in [9.17, 15) is 4.79 Å². The van der Waals surface area contributed by atoms with E-state index in [1.165, 1.54) is 12.8 Å². The first-order valence-corrected chi connectivity index (χ1v) is 5.53. The minimum absolute atomic E-state index is 0.403. The Hall–Kier alpha value is -0.590. The zero-order chi connectivity index (χ0) is 9.00. The summed E-state index contributed by atoms with van der Waals surface area (Å²) in [5, 5.41) is 0. The SMILES string of the molecule is CC[C@@H]1C[C@@H]2[C@H](C1=O)[C@@H]1C=C[C@H]2C1. The number of fused-ring (bicyclic) bond motifs is 5. The highest BCUT2D eigenvalue weighted by Gasteiger charge is 2.53. The van der Waals surface area contributed by atoms with Gasteiger partial charge in [-0.25, -0.2) is 0 Å². The third-order valence-electron chi connectivity index (χ3n) is 4.40. The average molecular weight is 176 g/mol.